The Labute approximate surface area is 85.0 Å². The van der Waals surface area contributed by atoms with Crippen LogP contribution in [0.25, 0.3) is 0 Å². The average molecular weight is 223 g/mol. The van der Waals surface area contributed by atoms with Gasteiger partial charge in [-0.25, -0.2) is 0 Å². The summed E-state index contributed by atoms with van der Waals surface area (Å²) in [4.78, 5) is 12.1. The summed E-state index contributed by atoms with van der Waals surface area (Å²) in [6, 6.07) is 0.837. The van der Waals surface area contributed by atoms with Crippen molar-refractivity contribution in [3.8, 4) is 0 Å². The molecule has 1 saturated heterocycles. The van der Waals surface area contributed by atoms with Crippen molar-refractivity contribution in [3.05, 3.63) is 0 Å². The summed E-state index contributed by atoms with van der Waals surface area (Å²) in [6.45, 7) is 0. The van der Waals surface area contributed by atoms with Crippen LogP contribution in [0.5, 0.6) is 0 Å². The van der Waals surface area contributed by atoms with Crippen LogP contribution in [0.3, 0.4) is 0 Å². The molecule has 1 aliphatic carbocycles. The lowest BCUT2D eigenvalue weighted by Gasteiger charge is -2.29. The maximum absolute atomic E-state index is 12.1. The Morgan fingerprint density at radius 3 is 1.92 bits per heavy atom. The van der Waals surface area contributed by atoms with Gasteiger partial charge in [0.2, 0.25) is 7.14 Å². The van der Waals surface area contributed by atoms with Crippen molar-refractivity contribution < 1.29 is 4.89 Å². The highest BCUT2D eigenvalue weighted by molar-refractivity contribution is 7.89. The molecule has 0 amide bonds. The Morgan fingerprint density at radius 1 is 1.15 bits per heavy atom. The van der Waals surface area contributed by atoms with Gasteiger partial charge in [0, 0.05) is 14.1 Å². The van der Waals surface area contributed by atoms with Crippen LogP contribution in [-0.4, -0.2) is 35.5 Å². The second-order valence-electron chi connectivity index (χ2n) is 4.04. The summed E-state index contributed by atoms with van der Waals surface area (Å²) < 4.78 is 3.77. The van der Waals surface area contributed by atoms with E-state index in [1.165, 1.54) is 12.8 Å². The molecule has 0 N–H and O–H groups in total. The fraction of sp³-hybridized carbons (Fsp3) is 1.00. The highest BCUT2D eigenvalue weighted by Crippen LogP contribution is 2.68. The van der Waals surface area contributed by atoms with Gasteiger partial charge in [-0.05, 0) is 12.8 Å². The third-order valence-corrected chi connectivity index (χ3v) is 7.01. The van der Waals surface area contributed by atoms with Crippen LogP contribution in [0.2, 0.25) is 0 Å². The van der Waals surface area contributed by atoms with Crippen LogP contribution in [0, 0.1) is 0 Å². The molecule has 0 aromatic carbocycles. The number of fused-ring (bicyclic) bond motifs is 1. The molecule has 2 aliphatic rings. The van der Waals surface area contributed by atoms with Crippen LogP contribution in [0.4, 0.5) is 0 Å². The molecule has 0 aromatic rings. The minimum absolute atomic E-state index is 0.419. The molecule has 5 heteroatoms. The van der Waals surface area contributed by atoms with Crippen molar-refractivity contribution in [3.63, 3.8) is 0 Å². The first-order valence-electron chi connectivity index (χ1n) is 4.81. The quantitative estimate of drug-likeness (QED) is 0.581. The zero-order valence-electron chi connectivity index (χ0n) is 8.11. The summed E-state index contributed by atoms with van der Waals surface area (Å²) in [5, 5.41) is 0. The van der Waals surface area contributed by atoms with Gasteiger partial charge in [0.05, 0.1) is 12.1 Å². The summed E-state index contributed by atoms with van der Waals surface area (Å²) >= 11 is 6.05. The van der Waals surface area contributed by atoms with Crippen molar-refractivity contribution in [2.45, 2.75) is 37.8 Å². The number of rotatable bonds is 0. The van der Waals surface area contributed by atoms with E-state index in [-0.39, 0.29) is 0 Å². The predicted octanol–water partition coefficient (Wildman–Crippen LogP) is 1.45. The average Bonchev–Trinajstić information content (AvgIpc) is 2.30. The van der Waals surface area contributed by atoms with E-state index in [2.05, 4.69) is 0 Å². The topological polar surface area (TPSA) is 29.5 Å². The van der Waals surface area contributed by atoms with Crippen LogP contribution >= 0.6 is 18.4 Å². The molecule has 0 radical (unpaired) electrons. The minimum atomic E-state index is -2.69. The van der Waals surface area contributed by atoms with Gasteiger partial charge in [-0.1, -0.05) is 12.8 Å². The number of likely N-dealkylation sites (N-methyl/N-ethyl adjacent to an activating group) is 2. The van der Waals surface area contributed by atoms with Crippen LogP contribution < -0.4 is 4.89 Å². The smallest absolute Gasteiger partial charge is 0.213 e. The van der Waals surface area contributed by atoms with E-state index in [0.29, 0.717) is 12.1 Å². The fourth-order valence-electron chi connectivity index (χ4n) is 2.55. The second kappa shape index (κ2) is 3.32. The van der Waals surface area contributed by atoms with Gasteiger partial charge in [-0.3, -0.25) is 0 Å². The Bertz CT molecular complexity index is 194. The van der Waals surface area contributed by atoms with E-state index in [1.807, 2.05) is 23.4 Å². The number of hydrogen-bond donors (Lipinski definition) is 0. The van der Waals surface area contributed by atoms with Gasteiger partial charge in [-0.2, -0.15) is 9.34 Å². The molecule has 0 spiro atoms. The van der Waals surface area contributed by atoms with Crippen molar-refractivity contribution in [2.75, 3.05) is 14.1 Å². The SMILES string of the molecule is CN1[C@H]2CCCC[C@@H]2N(C)[P+]1([O-])Cl. The lowest BCUT2D eigenvalue weighted by atomic mass is 9.91. The predicted molar refractivity (Wildman–Crippen MR) is 54.3 cm³/mol. The number of nitrogens with zero attached hydrogens (tertiary/aromatic N) is 2. The largest absolute Gasteiger partial charge is 0.636 e. The first kappa shape index (κ1) is 10.1. The maximum atomic E-state index is 12.1. The van der Waals surface area contributed by atoms with E-state index >= 15 is 0 Å². The van der Waals surface area contributed by atoms with E-state index in [0.717, 1.165) is 12.8 Å². The molecule has 1 aliphatic heterocycles. The lowest BCUT2D eigenvalue weighted by Crippen LogP contribution is -2.37. The Kier molecular flexibility index (Phi) is 2.59. The summed E-state index contributed by atoms with van der Waals surface area (Å²) in [6.07, 6.45) is 4.77. The van der Waals surface area contributed by atoms with Crippen molar-refractivity contribution >= 4 is 18.4 Å². The summed E-state index contributed by atoms with van der Waals surface area (Å²) in [5.74, 6) is 0. The molecule has 76 valence electrons. The van der Waals surface area contributed by atoms with Crippen molar-refractivity contribution in [1.29, 1.82) is 0 Å². The highest BCUT2D eigenvalue weighted by atomic mass is 35.7. The normalized spacial score (nSPS) is 40.6. The Balaban J connectivity index is 2.23. The second-order valence-corrected chi connectivity index (χ2v) is 7.57. The van der Waals surface area contributed by atoms with E-state index < -0.39 is 7.14 Å². The first-order valence-corrected chi connectivity index (χ1v) is 7.33. The van der Waals surface area contributed by atoms with Crippen molar-refractivity contribution in [1.82, 2.24) is 9.34 Å². The van der Waals surface area contributed by atoms with Gasteiger partial charge in [0.15, 0.2) is 0 Å². The highest BCUT2D eigenvalue weighted by Gasteiger charge is 2.55. The van der Waals surface area contributed by atoms with E-state index in [4.69, 9.17) is 11.2 Å². The molecule has 3 nitrogen and oxygen atoms in total. The monoisotopic (exact) mass is 222 g/mol. The molecule has 1 heterocycles. The molecule has 1 saturated carbocycles. The number of halogens is 1. The molecule has 0 aromatic heterocycles. The van der Waals surface area contributed by atoms with Gasteiger partial charge < -0.3 is 4.89 Å². The van der Waals surface area contributed by atoms with Gasteiger partial charge in [0.25, 0.3) is 0 Å². The molecule has 2 rings (SSSR count). The molecule has 0 unspecified atom stereocenters. The Hall–Kier alpha value is 0.600. The molecular weight excluding hydrogens is 207 g/mol. The fourth-order valence-corrected chi connectivity index (χ4v) is 4.94. The summed E-state index contributed by atoms with van der Waals surface area (Å²) in [7, 11) is 1.09. The summed E-state index contributed by atoms with van der Waals surface area (Å²) in [5.41, 5.74) is 0. The van der Waals surface area contributed by atoms with E-state index in [9.17, 15) is 4.89 Å². The zero-order valence-corrected chi connectivity index (χ0v) is 9.76. The third kappa shape index (κ3) is 1.42. The lowest BCUT2D eigenvalue weighted by molar-refractivity contribution is -0.181. The number of hydrogen-bond acceptors (Lipinski definition) is 3. The molecule has 2 atom stereocenters. The van der Waals surface area contributed by atoms with Crippen LogP contribution in [0.15, 0.2) is 0 Å². The first-order chi connectivity index (χ1) is 6.05. The van der Waals surface area contributed by atoms with Gasteiger partial charge in [0.1, 0.15) is 11.2 Å². The third-order valence-electron chi connectivity index (χ3n) is 3.43. The minimum Gasteiger partial charge on any atom is -0.636 e. The Morgan fingerprint density at radius 2 is 1.54 bits per heavy atom. The zero-order chi connectivity index (χ0) is 9.64. The standard InChI is InChI=1S/C8H16ClN2OP/c1-10-7-5-3-4-6-8(7)11(2)13(10,9)12/h7-8H,3-6H2,1-2H3/t7-,8-/m0/s1. The molecule has 0 bridgehead atoms. The van der Waals surface area contributed by atoms with E-state index in [1.54, 1.807) is 0 Å². The molecule has 13 heavy (non-hydrogen) atoms. The molecule has 2 fully saturated rings. The van der Waals surface area contributed by atoms with Gasteiger partial charge >= 0.3 is 0 Å². The van der Waals surface area contributed by atoms with Crippen molar-refractivity contribution in [2.24, 2.45) is 0 Å². The van der Waals surface area contributed by atoms with Gasteiger partial charge in [-0.15, -0.1) is 0 Å². The molecular formula is C8H16ClN2OP. The maximum Gasteiger partial charge on any atom is 0.213 e. The van der Waals surface area contributed by atoms with Crippen LogP contribution in [0.1, 0.15) is 25.7 Å². The van der Waals surface area contributed by atoms with Crippen LogP contribution in [-0.2, 0) is 0 Å².